The molecule has 2 aromatic heterocycles. The Hall–Kier alpha value is -2.21. The second kappa shape index (κ2) is 4.96. The van der Waals surface area contributed by atoms with Crippen molar-refractivity contribution in [2.75, 3.05) is 5.32 Å². The largest absolute Gasteiger partial charge is 0.335 e. The Balaban J connectivity index is 1.50. The Kier molecular flexibility index (Phi) is 2.96. The maximum absolute atomic E-state index is 12.4. The van der Waals surface area contributed by atoms with Crippen LogP contribution in [-0.2, 0) is 17.8 Å². The summed E-state index contributed by atoms with van der Waals surface area (Å²) >= 11 is 1.60. The number of thiazole rings is 1. The molecule has 3 aromatic rings. The number of hydrogen-bond acceptors (Lipinski definition) is 4. The average molecular weight is 298 g/mol. The number of hydrogen-bond donors (Lipinski definition) is 1. The lowest BCUT2D eigenvalue weighted by molar-refractivity contribution is -0.120. The fraction of sp³-hybridized carbons (Fsp3) is 0.267. The van der Waals surface area contributed by atoms with Crippen molar-refractivity contribution < 1.29 is 4.79 Å². The number of imidazole rings is 1. The van der Waals surface area contributed by atoms with Crippen molar-refractivity contribution in [2.45, 2.75) is 19.4 Å². The molecule has 0 aliphatic carbocycles. The molecule has 0 radical (unpaired) electrons. The van der Waals surface area contributed by atoms with E-state index in [1.54, 1.807) is 17.5 Å². The van der Waals surface area contributed by atoms with Crippen LogP contribution in [-0.4, -0.2) is 20.4 Å². The molecule has 1 aliphatic heterocycles. The fourth-order valence-electron chi connectivity index (χ4n) is 2.75. The fourth-order valence-corrected chi connectivity index (χ4v) is 3.41. The molecule has 5 nitrogen and oxygen atoms in total. The van der Waals surface area contributed by atoms with E-state index in [9.17, 15) is 4.79 Å². The van der Waals surface area contributed by atoms with Crippen molar-refractivity contribution in [1.82, 2.24) is 14.5 Å². The highest BCUT2D eigenvalue weighted by atomic mass is 32.1. The van der Waals surface area contributed by atoms with Crippen molar-refractivity contribution in [3.05, 3.63) is 41.9 Å². The van der Waals surface area contributed by atoms with E-state index in [0.717, 1.165) is 34.7 Å². The van der Waals surface area contributed by atoms with Gasteiger partial charge in [-0.1, -0.05) is 0 Å². The van der Waals surface area contributed by atoms with Gasteiger partial charge in [0.2, 0.25) is 5.91 Å². The van der Waals surface area contributed by atoms with Crippen molar-refractivity contribution >= 4 is 33.1 Å². The standard InChI is InChI=1S/C15H14N4OS/c20-15(10-3-5-19-6-4-16-14(19)7-10)18-11-1-2-13-12(8-11)17-9-21-13/h1-2,4,6,8-10H,3,5,7H2,(H,18,20). The van der Waals surface area contributed by atoms with Crippen LogP contribution in [0.25, 0.3) is 10.2 Å². The number of fused-ring (bicyclic) bond motifs is 2. The van der Waals surface area contributed by atoms with E-state index < -0.39 is 0 Å². The molecule has 0 fully saturated rings. The van der Waals surface area contributed by atoms with Crippen molar-refractivity contribution in [3.63, 3.8) is 0 Å². The number of benzene rings is 1. The minimum atomic E-state index is -0.00830. The monoisotopic (exact) mass is 298 g/mol. The van der Waals surface area contributed by atoms with Crippen LogP contribution in [0.4, 0.5) is 5.69 Å². The summed E-state index contributed by atoms with van der Waals surface area (Å²) < 4.78 is 3.25. The van der Waals surface area contributed by atoms with E-state index in [4.69, 9.17) is 0 Å². The van der Waals surface area contributed by atoms with Crippen LogP contribution >= 0.6 is 11.3 Å². The summed E-state index contributed by atoms with van der Waals surface area (Å²) in [4.78, 5) is 21.0. The normalized spacial score (nSPS) is 17.6. The molecule has 4 rings (SSSR count). The van der Waals surface area contributed by atoms with Gasteiger partial charge in [0.15, 0.2) is 0 Å². The Labute approximate surface area is 125 Å². The zero-order valence-electron chi connectivity index (χ0n) is 11.3. The maximum Gasteiger partial charge on any atom is 0.228 e. The predicted octanol–water partition coefficient (Wildman–Crippen LogP) is 2.69. The second-order valence-electron chi connectivity index (χ2n) is 5.25. The lowest BCUT2D eigenvalue weighted by atomic mass is 9.97. The summed E-state index contributed by atoms with van der Waals surface area (Å²) in [5.74, 6) is 1.06. The van der Waals surface area contributed by atoms with Crippen LogP contribution in [0.5, 0.6) is 0 Å². The summed E-state index contributed by atoms with van der Waals surface area (Å²) in [6, 6.07) is 5.85. The average Bonchev–Trinajstić information content (AvgIpc) is 3.14. The van der Waals surface area contributed by atoms with Gasteiger partial charge in [-0.2, -0.15) is 0 Å². The third-order valence-corrected chi connectivity index (χ3v) is 4.73. The predicted molar refractivity (Wildman–Crippen MR) is 82.3 cm³/mol. The summed E-state index contributed by atoms with van der Waals surface area (Å²) in [5, 5.41) is 3.01. The summed E-state index contributed by atoms with van der Waals surface area (Å²) in [5.41, 5.74) is 3.56. The van der Waals surface area contributed by atoms with Crippen LogP contribution in [0.3, 0.4) is 0 Å². The molecule has 0 saturated heterocycles. The van der Waals surface area contributed by atoms with Crippen LogP contribution in [0, 0.1) is 5.92 Å². The number of carbonyl (C=O) groups is 1. The molecule has 0 saturated carbocycles. The van der Waals surface area contributed by atoms with Crippen molar-refractivity contribution in [2.24, 2.45) is 5.92 Å². The van der Waals surface area contributed by atoms with Gasteiger partial charge in [-0.05, 0) is 24.6 Å². The number of anilines is 1. The van der Waals surface area contributed by atoms with Gasteiger partial charge in [-0.3, -0.25) is 4.79 Å². The molecule has 1 aliphatic rings. The highest BCUT2D eigenvalue weighted by Gasteiger charge is 2.25. The zero-order valence-corrected chi connectivity index (χ0v) is 12.1. The smallest absolute Gasteiger partial charge is 0.228 e. The lowest BCUT2D eigenvalue weighted by Gasteiger charge is -2.22. The minimum Gasteiger partial charge on any atom is -0.335 e. The van der Waals surface area contributed by atoms with Gasteiger partial charge >= 0.3 is 0 Å². The second-order valence-corrected chi connectivity index (χ2v) is 6.14. The molecule has 0 bridgehead atoms. The number of amides is 1. The number of rotatable bonds is 2. The Bertz CT molecular complexity index is 807. The number of nitrogens with zero attached hydrogens (tertiary/aromatic N) is 3. The number of nitrogens with one attached hydrogen (secondary N) is 1. The minimum absolute atomic E-state index is 0.00830. The SMILES string of the molecule is O=C(Nc1ccc2scnc2c1)C1CCn2ccnc2C1. The Morgan fingerprint density at radius 3 is 3.29 bits per heavy atom. The first-order valence-corrected chi connectivity index (χ1v) is 7.82. The van der Waals surface area contributed by atoms with Gasteiger partial charge in [-0.15, -0.1) is 11.3 Å². The van der Waals surface area contributed by atoms with Gasteiger partial charge in [0.25, 0.3) is 0 Å². The number of aryl methyl sites for hydroxylation is 1. The number of carbonyl (C=O) groups excluding carboxylic acids is 1. The molecule has 1 aromatic carbocycles. The summed E-state index contributed by atoms with van der Waals surface area (Å²) in [7, 11) is 0. The first-order chi connectivity index (χ1) is 10.3. The first kappa shape index (κ1) is 12.5. The van der Waals surface area contributed by atoms with E-state index in [0.29, 0.717) is 6.42 Å². The summed E-state index contributed by atoms with van der Waals surface area (Å²) in [6.45, 7) is 0.860. The molecule has 1 unspecified atom stereocenters. The quantitative estimate of drug-likeness (QED) is 0.791. The van der Waals surface area contributed by atoms with Crippen molar-refractivity contribution in [3.8, 4) is 0 Å². The summed E-state index contributed by atoms with van der Waals surface area (Å²) in [6.07, 6.45) is 5.33. The van der Waals surface area contributed by atoms with E-state index in [-0.39, 0.29) is 11.8 Å². The van der Waals surface area contributed by atoms with Gasteiger partial charge < -0.3 is 9.88 Å². The maximum atomic E-state index is 12.4. The van der Waals surface area contributed by atoms with E-state index in [2.05, 4.69) is 19.9 Å². The van der Waals surface area contributed by atoms with Crippen LogP contribution in [0.2, 0.25) is 0 Å². The molecule has 106 valence electrons. The number of aromatic nitrogens is 3. The molecule has 3 heterocycles. The Morgan fingerprint density at radius 1 is 1.38 bits per heavy atom. The topological polar surface area (TPSA) is 59.8 Å². The molecule has 1 amide bonds. The van der Waals surface area contributed by atoms with Crippen molar-refractivity contribution in [1.29, 1.82) is 0 Å². The van der Waals surface area contributed by atoms with E-state index >= 15 is 0 Å². The molecular formula is C15H14N4OS. The first-order valence-electron chi connectivity index (χ1n) is 6.94. The lowest BCUT2D eigenvalue weighted by Crippen LogP contribution is -2.30. The molecule has 21 heavy (non-hydrogen) atoms. The van der Waals surface area contributed by atoms with Gasteiger partial charge in [0.05, 0.1) is 15.7 Å². The van der Waals surface area contributed by atoms with Gasteiger partial charge in [0, 0.05) is 37.0 Å². The zero-order chi connectivity index (χ0) is 14.2. The highest BCUT2D eigenvalue weighted by Crippen LogP contribution is 2.24. The Morgan fingerprint density at radius 2 is 2.33 bits per heavy atom. The highest BCUT2D eigenvalue weighted by molar-refractivity contribution is 7.16. The molecule has 6 heteroatoms. The van der Waals surface area contributed by atoms with E-state index in [1.165, 1.54) is 0 Å². The molecule has 0 spiro atoms. The van der Waals surface area contributed by atoms with Crippen LogP contribution in [0.15, 0.2) is 36.1 Å². The third kappa shape index (κ3) is 2.31. The van der Waals surface area contributed by atoms with Crippen LogP contribution < -0.4 is 5.32 Å². The van der Waals surface area contributed by atoms with E-state index in [1.807, 2.05) is 29.9 Å². The third-order valence-electron chi connectivity index (χ3n) is 3.92. The van der Waals surface area contributed by atoms with Gasteiger partial charge in [-0.25, -0.2) is 9.97 Å². The molecule has 1 N–H and O–H groups in total. The van der Waals surface area contributed by atoms with Gasteiger partial charge in [0.1, 0.15) is 5.82 Å². The molecular weight excluding hydrogens is 284 g/mol. The molecule has 1 atom stereocenters. The van der Waals surface area contributed by atoms with Crippen LogP contribution in [0.1, 0.15) is 12.2 Å².